The summed E-state index contributed by atoms with van der Waals surface area (Å²) in [5.74, 6) is -3.55. The molecular formula is C35H51NO6. The van der Waals surface area contributed by atoms with E-state index in [2.05, 4.69) is 41.5 Å². The minimum absolute atomic E-state index is 0.00381. The summed E-state index contributed by atoms with van der Waals surface area (Å²) in [6, 6.07) is 0. The molecule has 1 saturated heterocycles. The van der Waals surface area contributed by atoms with Crippen LogP contribution in [-0.4, -0.2) is 34.3 Å². The van der Waals surface area contributed by atoms with Crippen LogP contribution in [0.3, 0.4) is 0 Å². The first-order chi connectivity index (χ1) is 19.3. The second-order valence-corrected chi connectivity index (χ2v) is 17.1. The van der Waals surface area contributed by atoms with Crippen LogP contribution in [0.5, 0.6) is 0 Å². The van der Waals surface area contributed by atoms with Gasteiger partial charge in [0.05, 0.1) is 6.42 Å². The van der Waals surface area contributed by atoms with Crippen molar-refractivity contribution in [3.63, 3.8) is 0 Å². The molecule has 6 aliphatic rings. The minimum Gasteiger partial charge on any atom is -0.425 e. The Balaban J connectivity index is 1.40. The quantitative estimate of drug-likeness (QED) is 0.406. The molecule has 7 nitrogen and oxygen atoms in total. The lowest BCUT2D eigenvalue weighted by Crippen LogP contribution is -2.68. The van der Waals surface area contributed by atoms with E-state index in [-0.39, 0.29) is 63.9 Å². The van der Waals surface area contributed by atoms with Crippen LogP contribution in [-0.2, 0) is 23.9 Å². The minimum atomic E-state index is -2.10. The van der Waals surface area contributed by atoms with Crippen molar-refractivity contribution in [3.8, 4) is 0 Å². The van der Waals surface area contributed by atoms with E-state index in [9.17, 15) is 24.3 Å². The van der Waals surface area contributed by atoms with Crippen LogP contribution in [0.4, 0.5) is 0 Å². The van der Waals surface area contributed by atoms with E-state index in [4.69, 9.17) is 10.5 Å². The third-order valence-corrected chi connectivity index (χ3v) is 14.9. The largest absolute Gasteiger partial charge is 0.425 e. The first-order valence-corrected chi connectivity index (χ1v) is 16.3. The number of primary amides is 1. The van der Waals surface area contributed by atoms with Crippen molar-refractivity contribution >= 4 is 23.4 Å². The molecule has 0 aromatic carbocycles. The Morgan fingerprint density at radius 2 is 1.52 bits per heavy atom. The zero-order chi connectivity index (χ0) is 30.9. The van der Waals surface area contributed by atoms with Gasteiger partial charge in [-0.2, -0.15) is 0 Å². The molecule has 42 heavy (non-hydrogen) atoms. The summed E-state index contributed by atoms with van der Waals surface area (Å²) in [5.41, 5.74) is 5.40. The smallest absolute Gasteiger partial charge is 0.309 e. The van der Waals surface area contributed by atoms with Crippen molar-refractivity contribution in [2.45, 2.75) is 125 Å². The summed E-state index contributed by atoms with van der Waals surface area (Å²) in [5, 5.41) is 11.6. The summed E-state index contributed by atoms with van der Waals surface area (Å²) in [4.78, 5) is 52.4. The van der Waals surface area contributed by atoms with E-state index in [0.717, 1.165) is 38.5 Å². The first kappa shape index (κ1) is 30.0. The number of aliphatic hydroxyl groups is 1. The third-order valence-electron chi connectivity index (χ3n) is 14.9. The molecule has 6 rings (SSSR count). The number of amides is 1. The molecule has 5 aliphatic carbocycles. The van der Waals surface area contributed by atoms with Gasteiger partial charge in [-0.05, 0) is 103 Å². The number of hydrogen-bond acceptors (Lipinski definition) is 6. The highest BCUT2D eigenvalue weighted by Gasteiger charge is 2.72. The molecule has 2 unspecified atom stereocenters. The number of ketones is 2. The Bertz CT molecular complexity index is 1300. The molecule has 4 saturated carbocycles. The second kappa shape index (κ2) is 8.79. The zero-order valence-electron chi connectivity index (χ0n) is 26.7. The molecule has 0 aromatic rings. The average Bonchev–Trinajstić information content (AvgIpc) is 2.88. The standard InChI is InChI=1S/C35H51NO6/c1-29(2)23-11-13-34(7)27(32(23,5)12-10-24(29)35(41)25(38)8-9-26(39)42-35)22(37)18-20-21-19-31(4,28(36)40)15-14-30(21,3)16-17-33(20,34)6/h18,21,23-24,27,41H,8-17,19H2,1-7H3,(H2,36,40)/t21-,23?,24-,27+,30+,31-,32-,33+,34+,35?/m0/s1. The number of rotatable bonds is 2. The third kappa shape index (κ3) is 3.61. The van der Waals surface area contributed by atoms with Gasteiger partial charge in [-0.1, -0.05) is 54.0 Å². The van der Waals surface area contributed by atoms with Crippen LogP contribution in [0.1, 0.15) is 119 Å². The van der Waals surface area contributed by atoms with Gasteiger partial charge in [0.1, 0.15) is 0 Å². The molecular weight excluding hydrogens is 530 g/mol. The van der Waals surface area contributed by atoms with E-state index in [0.29, 0.717) is 19.3 Å². The van der Waals surface area contributed by atoms with Gasteiger partial charge in [0.15, 0.2) is 5.78 Å². The number of ether oxygens (including phenoxy) is 1. The molecule has 0 aromatic heterocycles. The maximum Gasteiger partial charge on any atom is 0.309 e. The molecule has 7 heteroatoms. The molecule has 1 amide bonds. The summed E-state index contributed by atoms with van der Waals surface area (Å²) in [6.45, 7) is 15.6. The van der Waals surface area contributed by atoms with Crippen LogP contribution in [0.25, 0.3) is 0 Å². The Labute approximate surface area is 250 Å². The van der Waals surface area contributed by atoms with Crippen LogP contribution >= 0.6 is 0 Å². The molecule has 0 radical (unpaired) electrons. The predicted molar refractivity (Wildman–Crippen MR) is 157 cm³/mol. The van der Waals surface area contributed by atoms with E-state index in [1.54, 1.807) is 0 Å². The average molecular weight is 582 g/mol. The Hall–Kier alpha value is -2.02. The second-order valence-electron chi connectivity index (χ2n) is 17.1. The molecule has 10 atom stereocenters. The number of carbonyl (C=O) groups excluding carboxylic acids is 4. The van der Waals surface area contributed by atoms with E-state index in [1.807, 2.05) is 13.0 Å². The zero-order valence-corrected chi connectivity index (χ0v) is 26.7. The van der Waals surface area contributed by atoms with Gasteiger partial charge in [-0.3, -0.25) is 19.2 Å². The lowest BCUT2D eigenvalue weighted by molar-refractivity contribution is -0.271. The summed E-state index contributed by atoms with van der Waals surface area (Å²) in [6.07, 6.45) is 9.50. The Kier molecular flexibility index (Phi) is 6.28. The molecule has 232 valence electrons. The maximum absolute atomic E-state index is 14.6. The van der Waals surface area contributed by atoms with Crippen molar-refractivity contribution < 1.29 is 29.0 Å². The molecule has 1 heterocycles. The molecule has 1 aliphatic heterocycles. The summed E-state index contributed by atoms with van der Waals surface area (Å²) in [7, 11) is 0. The topological polar surface area (TPSA) is 124 Å². The molecule has 0 bridgehead atoms. The molecule has 3 N–H and O–H groups in total. The van der Waals surface area contributed by atoms with Gasteiger partial charge in [0.2, 0.25) is 11.7 Å². The fourth-order valence-corrected chi connectivity index (χ4v) is 12.1. The van der Waals surface area contributed by atoms with Crippen LogP contribution < -0.4 is 5.73 Å². The Morgan fingerprint density at radius 3 is 2.19 bits per heavy atom. The summed E-state index contributed by atoms with van der Waals surface area (Å²) < 4.78 is 5.46. The van der Waals surface area contributed by atoms with Gasteiger partial charge in [0.25, 0.3) is 5.79 Å². The number of carbonyl (C=O) groups is 4. The van der Waals surface area contributed by atoms with Gasteiger partial charge < -0.3 is 15.6 Å². The van der Waals surface area contributed by atoms with Crippen LogP contribution in [0.15, 0.2) is 11.6 Å². The fraction of sp³-hybridized carbons (Fsp3) is 0.829. The van der Waals surface area contributed by atoms with Crippen molar-refractivity contribution in [1.82, 2.24) is 0 Å². The van der Waals surface area contributed by atoms with Gasteiger partial charge in [-0.15, -0.1) is 0 Å². The SMILES string of the molecule is CC1(C)C2CC[C@]3(C)[C@H](C(=O)C=C4[C@@H]5C[C@@](C)(C(N)=O)CC[C@]5(C)CC[C@]43C)[C@@]2(C)CC[C@@H]1C1(O)OC(=O)CCC1=O. The van der Waals surface area contributed by atoms with Crippen LogP contribution in [0, 0.1) is 56.2 Å². The number of cyclic esters (lactones) is 1. The van der Waals surface area contributed by atoms with E-state index >= 15 is 0 Å². The number of allylic oxidation sites excluding steroid dienone is 2. The number of fused-ring (bicyclic) bond motifs is 7. The van der Waals surface area contributed by atoms with Crippen molar-refractivity contribution in [1.29, 1.82) is 0 Å². The predicted octanol–water partition coefficient (Wildman–Crippen LogP) is 5.66. The molecule has 0 spiro atoms. The monoisotopic (exact) mass is 581 g/mol. The maximum atomic E-state index is 14.6. The van der Waals surface area contributed by atoms with E-state index < -0.39 is 34.3 Å². The number of Topliss-reactive ketones (excluding diaryl/α,β-unsaturated/α-hetero) is 1. The first-order valence-electron chi connectivity index (χ1n) is 16.3. The Morgan fingerprint density at radius 1 is 0.881 bits per heavy atom. The summed E-state index contributed by atoms with van der Waals surface area (Å²) >= 11 is 0. The van der Waals surface area contributed by atoms with Crippen LogP contribution in [0.2, 0.25) is 0 Å². The fourth-order valence-electron chi connectivity index (χ4n) is 12.1. The number of esters is 1. The lowest BCUT2D eigenvalue weighted by atomic mass is 9.33. The molecule has 5 fully saturated rings. The van der Waals surface area contributed by atoms with Gasteiger partial charge >= 0.3 is 5.97 Å². The van der Waals surface area contributed by atoms with Gasteiger partial charge in [-0.25, -0.2) is 0 Å². The van der Waals surface area contributed by atoms with Crippen molar-refractivity contribution in [3.05, 3.63) is 11.6 Å². The number of nitrogens with two attached hydrogens (primary N) is 1. The van der Waals surface area contributed by atoms with Crippen molar-refractivity contribution in [2.75, 3.05) is 0 Å². The highest BCUT2D eigenvalue weighted by atomic mass is 16.7. The van der Waals surface area contributed by atoms with E-state index in [1.165, 1.54) is 5.57 Å². The van der Waals surface area contributed by atoms with Crippen molar-refractivity contribution in [2.24, 2.45) is 61.9 Å². The lowest BCUT2D eigenvalue weighted by Gasteiger charge is -2.71. The normalized spacial score (nSPS) is 51.7. The number of hydrogen-bond donors (Lipinski definition) is 2. The highest BCUT2D eigenvalue weighted by Crippen LogP contribution is 2.76. The van der Waals surface area contributed by atoms with Gasteiger partial charge in [0, 0.05) is 23.7 Å². The highest BCUT2D eigenvalue weighted by molar-refractivity contribution is 5.96.